The van der Waals surface area contributed by atoms with Gasteiger partial charge in [0.1, 0.15) is 11.6 Å². The number of allylic oxidation sites excluding steroid dienone is 2. The van der Waals surface area contributed by atoms with Gasteiger partial charge in [0.25, 0.3) is 0 Å². The van der Waals surface area contributed by atoms with E-state index in [-0.39, 0.29) is 23.7 Å². The summed E-state index contributed by atoms with van der Waals surface area (Å²) >= 11 is 0. The van der Waals surface area contributed by atoms with Crippen molar-refractivity contribution in [2.24, 2.45) is 17.8 Å². The highest BCUT2D eigenvalue weighted by Gasteiger charge is 2.36. The lowest BCUT2D eigenvalue weighted by Gasteiger charge is -2.36. The van der Waals surface area contributed by atoms with Crippen LogP contribution in [0.15, 0.2) is 60.4 Å². The van der Waals surface area contributed by atoms with Crippen molar-refractivity contribution in [2.75, 3.05) is 13.2 Å². The van der Waals surface area contributed by atoms with E-state index in [0.29, 0.717) is 51.0 Å². The summed E-state index contributed by atoms with van der Waals surface area (Å²) in [7, 11) is 0. The van der Waals surface area contributed by atoms with Gasteiger partial charge in [-0.25, -0.2) is 17.6 Å². The molecule has 2 aliphatic rings. The topological polar surface area (TPSA) is 27.7 Å². The number of ether oxygens (including phenoxy) is 3. The zero-order valence-electron chi connectivity index (χ0n) is 20.2. The van der Waals surface area contributed by atoms with E-state index in [1.165, 1.54) is 0 Å². The molecular weight excluding hydrogens is 498 g/mol. The fraction of sp³-hybridized carbons (Fsp3) is 0.429. The molecule has 1 saturated heterocycles. The Morgan fingerprint density at radius 2 is 1.57 bits per heavy atom. The molecule has 2 aromatic rings. The smallest absolute Gasteiger partial charge is 0.426 e. The van der Waals surface area contributed by atoms with Gasteiger partial charge >= 0.3 is 6.11 Å². The molecule has 0 unspecified atom stereocenters. The molecule has 3 nitrogen and oxygen atoms in total. The Morgan fingerprint density at radius 3 is 2.16 bits per heavy atom. The second kappa shape index (κ2) is 11.7. The third-order valence-corrected chi connectivity index (χ3v) is 6.75. The van der Waals surface area contributed by atoms with E-state index in [2.05, 4.69) is 4.74 Å². The van der Waals surface area contributed by atoms with Gasteiger partial charge in [0.2, 0.25) is 0 Å². The van der Waals surface area contributed by atoms with Crippen LogP contribution < -0.4 is 4.74 Å². The summed E-state index contributed by atoms with van der Waals surface area (Å²) < 4.78 is 101. The maximum Gasteiger partial charge on any atom is 0.426 e. The van der Waals surface area contributed by atoms with E-state index in [1.807, 2.05) is 19.1 Å². The average Bonchev–Trinajstić information content (AvgIpc) is 2.90. The first-order valence-electron chi connectivity index (χ1n) is 12.2. The molecule has 0 bridgehead atoms. The normalized spacial score (nSPS) is 25.7. The number of hydrogen-bond acceptors (Lipinski definition) is 3. The monoisotopic (exact) mass is 526 g/mol. The third kappa shape index (κ3) is 6.57. The molecule has 0 aromatic heterocycles. The van der Waals surface area contributed by atoms with E-state index in [9.17, 15) is 26.3 Å². The van der Waals surface area contributed by atoms with Gasteiger partial charge in [-0.1, -0.05) is 24.3 Å². The minimum Gasteiger partial charge on any atom is -0.429 e. The fourth-order valence-electron chi connectivity index (χ4n) is 4.71. The van der Waals surface area contributed by atoms with Gasteiger partial charge in [0.05, 0.1) is 18.8 Å². The first kappa shape index (κ1) is 27.3. The number of benzene rings is 2. The van der Waals surface area contributed by atoms with Gasteiger partial charge in [-0.15, -0.1) is 0 Å². The van der Waals surface area contributed by atoms with Crippen LogP contribution in [-0.4, -0.2) is 19.5 Å². The molecule has 0 radical (unpaired) electrons. The zero-order valence-corrected chi connectivity index (χ0v) is 20.2. The molecule has 1 aliphatic heterocycles. The van der Waals surface area contributed by atoms with Crippen LogP contribution in [0, 0.1) is 29.4 Å². The fourth-order valence-corrected chi connectivity index (χ4v) is 4.71. The molecule has 0 atom stereocenters. The molecule has 2 fully saturated rings. The lowest BCUT2D eigenvalue weighted by molar-refractivity contribution is -0.222. The van der Waals surface area contributed by atoms with Crippen LogP contribution in [0.1, 0.15) is 43.7 Å². The largest absolute Gasteiger partial charge is 0.429 e. The molecule has 1 aliphatic carbocycles. The number of hydrogen-bond donors (Lipinski definition) is 0. The van der Waals surface area contributed by atoms with Crippen LogP contribution >= 0.6 is 0 Å². The Morgan fingerprint density at radius 1 is 0.919 bits per heavy atom. The standard InChI is InChI=1S/C28H28F6O3/c1-2-3-17-15-35-27(36-16-17)20-6-4-18(5-7-20)25(31)26(32)19-8-10-21(11-9-19)28(33,34)37-22-12-13-23(29)24(30)14-22/h2-3,8-14,17-18,20,27H,4-7,15-16H2,1H3/b3-2+,26-25+. The van der Waals surface area contributed by atoms with Crippen LogP contribution in [0.4, 0.5) is 26.3 Å². The quantitative estimate of drug-likeness (QED) is 0.270. The van der Waals surface area contributed by atoms with Crippen LogP contribution in [-0.2, 0) is 15.6 Å². The maximum absolute atomic E-state index is 15.0. The summed E-state index contributed by atoms with van der Waals surface area (Å²) in [6, 6.07) is 5.88. The zero-order chi connectivity index (χ0) is 26.6. The average molecular weight is 527 g/mol. The summed E-state index contributed by atoms with van der Waals surface area (Å²) in [5, 5.41) is 0. The Labute approximate surface area is 211 Å². The van der Waals surface area contributed by atoms with Gasteiger partial charge in [0.15, 0.2) is 23.8 Å². The number of alkyl halides is 2. The van der Waals surface area contributed by atoms with E-state index >= 15 is 0 Å². The molecule has 2 aromatic carbocycles. The van der Waals surface area contributed by atoms with Crippen molar-refractivity contribution < 1.29 is 40.6 Å². The summed E-state index contributed by atoms with van der Waals surface area (Å²) in [5.74, 6) is -5.42. The van der Waals surface area contributed by atoms with Crippen LogP contribution in [0.3, 0.4) is 0 Å². The molecule has 1 saturated carbocycles. The second-order valence-corrected chi connectivity index (χ2v) is 9.37. The number of halogens is 6. The lowest BCUT2D eigenvalue weighted by Crippen LogP contribution is -2.38. The van der Waals surface area contributed by atoms with Gasteiger partial charge in [-0.3, -0.25) is 0 Å². The molecule has 200 valence electrons. The molecule has 4 rings (SSSR count). The van der Waals surface area contributed by atoms with E-state index < -0.39 is 46.6 Å². The first-order chi connectivity index (χ1) is 17.7. The first-order valence-corrected chi connectivity index (χ1v) is 12.2. The molecule has 0 N–H and O–H groups in total. The number of rotatable bonds is 7. The van der Waals surface area contributed by atoms with Gasteiger partial charge in [-0.05, 0) is 56.9 Å². The minimum atomic E-state index is -3.91. The molecule has 0 amide bonds. The van der Waals surface area contributed by atoms with Crippen molar-refractivity contribution >= 4 is 5.83 Å². The molecule has 9 heteroatoms. The Hall–Kier alpha value is -2.78. The van der Waals surface area contributed by atoms with Crippen molar-refractivity contribution in [3.63, 3.8) is 0 Å². The molecular formula is C28H28F6O3. The van der Waals surface area contributed by atoms with E-state index in [1.54, 1.807) is 0 Å². The highest BCUT2D eigenvalue weighted by Crippen LogP contribution is 2.40. The van der Waals surface area contributed by atoms with Crippen molar-refractivity contribution in [3.05, 3.63) is 83.2 Å². The second-order valence-electron chi connectivity index (χ2n) is 9.37. The van der Waals surface area contributed by atoms with E-state index in [4.69, 9.17) is 9.47 Å². The predicted octanol–water partition coefficient (Wildman–Crippen LogP) is 8.07. The maximum atomic E-state index is 15.0. The van der Waals surface area contributed by atoms with Crippen molar-refractivity contribution in [3.8, 4) is 5.75 Å². The summed E-state index contributed by atoms with van der Waals surface area (Å²) in [4.78, 5) is 0. The Kier molecular flexibility index (Phi) is 8.64. The summed E-state index contributed by atoms with van der Waals surface area (Å²) in [6.45, 7) is 3.07. The highest BCUT2D eigenvalue weighted by atomic mass is 19.3. The lowest BCUT2D eigenvalue weighted by atomic mass is 9.80. The van der Waals surface area contributed by atoms with Gasteiger partial charge in [-0.2, -0.15) is 8.78 Å². The van der Waals surface area contributed by atoms with Crippen LogP contribution in [0.2, 0.25) is 0 Å². The van der Waals surface area contributed by atoms with Crippen molar-refractivity contribution in [1.29, 1.82) is 0 Å². The predicted molar refractivity (Wildman–Crippen MR) is 126 cm³/mol. The summed E-state index contributed by atoms with van der Waals surface area (Å²) in [5.41, 5.74) is -0.834. The van der Waals surface area contributed by atoms with Crippen LogP contribution in [0.25, 0.3) is 5.83 Å². The third-order valence-electron chi connectivity index (χ3n) is 6.75. The van der Waals surface area contributed by atoms with Crippen molar-refractivity contribution in [1.82, 2.24) is 0 Å². The van der Waals surface area contributed by atoms with Gasteiger partial charge < -0.3 is 14.2 Å². The minimum absolute atomic E-state index is 0.106. The molecule has 37 heavy (non-hydrogen) atoms. The SMILES string of the molecule is C/C=C/C1COC(C2CCC(/C(F)=C(\F)c3ccc(C(F)(F)Oc4ccc(F)c(F)c4)cc3)CC2)OC1. The Balaban J connectivity index is 1.35. The van der Waals surface area contributed by atoms with E-state index in [0.717, 1.165) is 30.3 Å². The van der Waals surface area contributed by atoms with Crippen LogP contribution in [0.5, 0.6) is 5.75 Å². The Bertz CT molecular complexity index is 1120. The highest BCUT2D eigenvalue weighted by molar-refractivity contribution is 5.61. The molecule has 0 spiro atoms. The van der Waals surface area contributed by atoms with Crippen molar-refractivity contribution in [2.45, 2.75) is 45.0 Å². The molecule has 1 heterocycles. The van der Waals surface area contributed by atoms with Gasteiger partial charge in [0, 0.05) is 29.4 Å². The summed E-state index contributed by atoms with van der Waals surface area (Å²) in [6.07, 6.45) is 1.82.